The number of aliphatic carboxylic acids is 4. The predicted octanol–water partition coefficient (Wildman–Crippen LogP) is -1.42. The van der Waals surface area contributed by atoms with Gasteiger partial charge in [0.2, 0.25) is 5.91 Å². The van der Waals surface area contributed by atoms with Crippen LogP contribution in [0.3, 0.4) is 0 Å². The average Bonchev–Trinajstić information content (AvgIpc) is 2.65. The lowest BCUT2D eigenvalue weighted by atomic mass is 10.1. The number of carboxylic acids is 4. The van der Waals surface area contributed by atoms with Gasteiger partial charge in [-0.2, -0.15) is 0 Å². The molecule has 0 rings (SSSR count). The topological polar surface area (TPSA) is 296 Å². The number of carbonyl (C=O) groups excluding carboxylic acids is 1. The maximum absolute atomic E-state index is 10.1. The lowest BCUT2D eigenvalue weighted by Gasteiger charge is -2.07. The van der Waals surface area contributed by atoms with E-state index in [0.29, 0.717) is 12.3 Å². The highest BCUT2D eigenvalue weighted by atomic mass is 16.4. The van der Waals surface area contributed by atoms with Gasteiger partial charge in [-0.3, -0.25) is 24.0 Å². The molecule has 4 unspecified atom stereocenters. The molecule has 14 nitrogen and oxygen atoms in total. The van der Waals surface area contributed by atoms with Crippen LogP contribution in [0.2, 0.25) is 0 Å². The van der Waals surface area contributed by atoms with Crippen LogP contribution in [0.5, 0.6) is 0 Å². The van der Waals surface area contributed by atoms with Gasteiger partial charge < -0.3 is 49.1 Å². The van der Waals surface area contributed by atoms with Crippen molar-refractivity contribution in [2.24, 2.45) is 40.5 Å². The summed E-state index contributed by atoms with van der Waals surface area (Å²) in [6.45, 7) is 8.87. The third kappa shape index (κ3) is 31.5. The first-order valence-corrected chi connectivity index (χ1v) is 9.99. The zero-order valence-electron chi connectivity index (χ0n) is 19.8. The van der Waals surface area contributed by atoms with Crippen molar-refractivity contribution in [2.45, 2.75) is 78.0 Å². The molecule has 0 aliphatic carbocycles. The molecule has 0 saturated heterocycles. The first-order valence-electron chi connectivity index (χ1n) is 9.99. The standard InChI is InChI=1S/C6H13NO2.C5H10N2O3.C5H11NO2.C3H7NO2/c1-4(2)3-5(7)6(8)9;6-3(5(9)10)1-2-4(7)8;1-3(2)4(6)5(7)8;1-2(4)3(5)6/h4-5H,3,7H2,1-2H3,(H,8,9);3H,1-2,6H2,(H2,7,8)(H,9,10);3-4H,6H2,1-2H3,(H,7,8);2H,4H2,1H3,(H,5,6). The third-order valence-electron chi connectivity index (χ3n) is 3.45. The molecule has 0 aliphatic heterocycles. The van der Waals surface area contributed by atoms with Crippen molar-refractivity contribution in [3.8, 4) is 0 Å². The largest absolute Gasteiger partial charge is 0.480 e. The number of nitrogens with two attached hydrogens (primary N) is 5. The van der Waals surface area contributed by atoms with E-state index in [1.165, 1.54) is 6.92 Å². The van der Waals surface area contributed by atoms with Gasteiger partial charge in [-0.25, -0.2) is 0 Å². The molecule has 0 aromatic rings. The highest BCUT2D eigenvalue weighted by Crippen LogP contribution is 2.01. The first kappa shape index (κ1) is 37.5. The zero-order chi connectivity index (χ0) is 27.5. The van der Waals surface area contributed by atoms with Crippen molar-refractivity contribution in [3.05, 3.63) is 0 Å². The monoisotopic (exact) mass is 483 g/mol. The molecule has 1 amide bonds. The molecule has 4 atom stereocenters. The number of amides is 1. The lowest BCUT2D eigenvalue weighted by molar-refractivity contribution is -0.140. The molecule has 0 aromatic heterocycles. The summed E-state index contributed by atoms with van der Waals surface area (Å²) in [5.41, 5.74) is 25.0. The van der Waals surface area contributed by atoms with E-state index in [2.05, 4.69) is 0 Å². The van der Waals surface area contributed by atoms with E-state index in [4.69, 9.17) is 49.1 Å². The fourth-order valence-electron chi connectivity index (χ4n) is 1.32. The number of hydrogen-bond donors (Lipinski definition) is 9. The number of carbonyl (C=O) groups is 5. The summed E-state index contributed by atoms with van der Waals surface area (Å²) in [7, 11) is 0. The maximum atomic E-state index is 10.1. The summed E-state index contributed by atoms with van der Waals surface area (Å²) in [5.74, 6) is -4.07. The summed E-state index contributed by atoms with van der Waals surface area (Å²) in [6, 6.07) is -3.11. The van der Waals surface area contributed by atoms with Crippen LogP contribution in [0.15, 0.2) is 0 Å². The highest BCUT2D eigenvalue weighted by Gasteiger charge is 2.14. The Morgan fingerprint density at radius 2 is 1.03 bits per heavy atom. The Labute approximate surface area is 193 Å². The minimum Gasteiger partial charge on any atom is -0.480 e. The van der Waals surface area contributed by atoms with Crippen LogP contribution in [0.1, 0.15) is 53.9 Å². The summed E-state index contributed by atoms with van der Waals surface area (Å²) < 4.78 is 0. The van der Waals surface area contributed by atoms with Gasteiger partial charge in [0.15, 0.2) is 0 Å². The molecule has 196 valence electrons. The number of carboxylic acid groups (broad SMARTS) is 4. The van der Waals surface area contributed by atoms with Gasteiger partial charge in [-0.1, -0.05) is 27.7 Å². The van der Waals surface area contributed by atoms with E-state index in [1.807, 2.05) is 13.8 Å². The van der Waals surface area contributed by atoms with Crippen molar-refractivity contribution in [1.82, 2.24) is 0 Å². The molecule has 14 heteroatoms. The zero-order valence-corrected chi connectivity index (χ0v) is 19.8. The molecule has 33 heavy (non-hydrogen) atoms. The van der Waals surface area contributed by atoms with Crippen molar-refractivity contribution < 1.29 is 44.4 Å². The average molecular weight is 484 g/mol. The lowest BCUT2D eigenvalue weighted by Crippen LogP contribution is -2.34. The SMILES string of the molecule is CC(C)C(N)C(=O)O.CC(C)CC(N)C(=O)O.CC(N)C(=O)O.NC(=O)CCC(N)C(=O)O. The quantitative estimate of drug-likeness (QED) is 0.172. The van der Waals surface area contributed by atoms with Crippen molar-refractivity contribution in [2.75, 3.05) is 0 Å². The molecule has 0 fully saturated rings. The minimum atomic E-state index is -1.11. The summed E-state index contributed by atoms with van der Waals surface area (Å²) >= 11 is 0. The van der Waals surface area contributed by atoms with Gasteiger partial charge in [0.25, 0.3) is 0 Å². The number of rotatable bonds is 10. The normalized spacial score (nSPS) is 13.4. The molecule has 0 saturated carbocycles. The fraction of sp³-hybridized carbons (Fsp3) is 0.737. The van der Waals surface area contributed by atoms with Crippen LogP contribution >= 0.6 is 0 Å². The van der Waals surface area contributed by atoms with Crippen LogP contribution < -0.4 is 28.7 Å². The van der Waals surface area contributed by atoms with Crippen molar-refractivity contribution in [1.29, 1.82) is 0 Å². The molecule has 0 spiro atoms. The Morgan fingerprint density at radius 1 is 0.667 bits per heavy atom. The Hall–Kier alpha value is -2.81. The van der Waals surface area contributed by atoms with Gasteiger partial charge >= 0.3 is 23.9 Å². The Morgan fingerprint density at radius 3 is 1.15 bits per heavy atom. The van der Waals surface area contributed by atoms with Crippen LogP contribution in [0.25, 0.3) is 0 Å². The molecule has 0 aromatic carbocycles. The van der Waals surface area contributed by atoms with E-state index in [-0.39, 0.29) is 18.8 Å². The Kier molecular flexibility index (Phi) is 23.9. The van der Waals surface area contributed by atoms with Gasteiger partial charge in [0, 0.05) is 6.42 Å². The van der Waals surface area contributed by atoms with Gasteiger partial charge in [0.05, 0.1) is 0 Å². The Bertz CT molecular complexity index is 598. The van der Waals surface area contributed by atoms with Crippen LogP contribution in [0.4, 0.5) is 0 Å². The van der Waals surface area contributed by atoms with Crippen molar-refractivity contribution >= 4 is 29.8 Å². The molecular weight excluding hydrogens is 442 g/mol. The van der Waals surface area contributed by atoms with Gasteiger partial charge in [-0.15, -0.1) is 0 Å². The van der Waals surface area contributed by atoms with Crippen LogP contribution in [0, 0.1) is 11.8 Å². The van der Waals surface area contributed by atoms with E-state index in [9.17, 15) is 24.0 Å². The molecule has 0 radical (unpaired) electrons. The smallest absolute Gasteiger partial charge is 0.320 e. The first-order chi connectivity index (χ1) is 14.8. The molecule has 0 bridgehead atoms. The predicted molar refractivity (Wildman–Crippen MR) is 121 cm³/mol. The van der Waals surface area contributed by atoms with Gasteiger partial charge in [-0.05, 0) is 31.6 Å². The molecule has 14 N–H and O–H groups in total. The van der Waals surface area contributed by atoms with E-state index in [0.717, 1.165) is 0 Å². The highest BCUT2D eigenvalue weighted by molar-refractivity contribution is 5.77. The molecule has 0 aliphatic rings. The summed E-state index contributed by atoms with van der Waals surface area (Å²) in [4.78, 5) is 49.8. The third-order valence-corrected chi connectivity index (χ3v) is 3.45. The fourth-order valence-corrected chi connectivity index (χ4v) is 1.32. The van der Waals surface area contributed by atoms with Crippen molar-refractivity contribution in [3.63, 3.8) is 0 Å². The Balaban J connectivity index is -0.000000173. The molecule has 0 heterocycles. The van der Waals surface area contributed by atoms with Crippen LogP contribution in [-0.4, -0.2) is 74.4 Å². The van der Waals surface area contributed by atoms with Crippen LogP contribution in [-0.2, 0) is 24.0 Å². The minimum absolute atomic E-state index is 0.0208. The second-order valence-electron chi connectivity index (χ2n) is 7.76. The summed E-state index contributed by atoms with van der Waals surface area (Å²) in [5, 5.41) is 32.6. The number of hydrogen-bond acceptors (Lipinski definition) is 9. The number of primary amides is 1. The summed E-state index contributed by atoms with van der Waals surface area (Å²) in [6.07, 6.45) is 0.674. The van der Waals surface area contributed by atoms with E-state index >= 15 is 0 Å². The maximum Gasteiger partial charge on any atom is 0.320 e. The van der Waals surface area contributed by atoms with E-state index in [1.54, 1.807) is 13.8 Å². The second kappa shape index (κ2) is 21.1. The molecular formula is C19H41N5O9. The van der Waals surface area contributed by atoms with E-state index < -0.39 is 54.0 Å². The van der Waals surface area contributed by atoms with Gasteiger partial charge in [0.1, 0.15) is 24.2 Å². The second-order valence-corrected chi connectivity index (χ2v) is 7.76.